The lowest BCUT2D eigenvalue weighted by atomic mass is 9.98. The van der Waals surface area contributed by atoms with Gasteiger partial charge in [0.25, 0.3) is 0 Å². The molecule has 4 heterocycles. The second kappa shape index (κ2) is 11.3. The molecule has 3 unspecified atom stereocenters. The second-order valence-corrected chi connectivity index (χ2v) is 11.3. The number of hydrogen-bond acceptors (Lipinski definition) is 6. The van der Waals surface area contributed by atoms with E-state index in [9.17, 15) is 4.79 Å². The third kappa shape index (κ3) is 5.86. The van der Waals surface area contributed by atoms with Crippen LogP contribution in [0.5, 0.6) is 0 Å². The van der Waals surface area contributed by atoms with Crippen LogP contribution in [0.2, 0.25) is 0 Å². The zero-order chi connectivity index (χ0) is 24.2. The average Bonchev–Trinajstić information content (AvgIpc) is 3.63. The highest BCUT2D eigenvalue weighted by molar-refractivity contribution is 7.17. The highest BCUT2D eigenvalue weighted by atomic mass is 31.0. The van der Waals surface area contributed by atoms with Gasteiger partial charge in [0.05, 0.1) is 7.11 Å². The summed E-state index contributed by atoms with van der Waals surface area (Å²) >= 11 is 0. The van der Waals surface area contributed by atoms with Gasteiger partial charge in [-0.05, 0) is 87.2 Å². The summed E-state index contributed by atoms with van der Waals surface area (Å²) in [6, 6.07) is 8.16. The number of carbonyl (C=O) groups is 1. The first-order valence-corrected chi connectivity index (χ1v) is 14.1. The van der Waals surface area contributed by atoms with E-state index < -0.39 is 0 Å². The van der Waals surface area contributed by atoms with Gasteiger partial charge < -0.3 is 10.1 Å². The van der Waals surface area contributed by atoms with Crippen molar-refractivity contribution in [3.63, 3.8) is 0 Å². The van der Waals surface area contributed by atoms with Crippen molar-refractivity contribution in [3.05, 3.63) is 53.0 Å². The highest BCUT2D eigenvalue weighted by Crippen LogP contribution is 2.43. The smallest absolute Gasteiger partial charge is 0.327 e. The summed E-state index contributed by atoms with van der Waals surface area (Å²) in [6.07, 6.45) is 12.3. The van der Waals surface area contributed by atoms with E-state index in [1.54, 1.807) is 0 Å². The molecule has 0 bridgehead atoms. The van der Waals surface area contributed by atoms with Crippen LogP contribution < -0.4 is 5.32 Å². The number of ether oxygens (including phenoxy) is 1. The fourth-order valence-corrected chi connectivity index (χ4v) is 6.32. The van der Waals surface area contributed by atoms with Crippen molar-refractivity contribution in [3.8, 4) is 0 Å². The molecule has 1 saturated heterocycles. The molecule has 1 N–H and O–H groups in total. The quantitative estimate of drug-likeness (QED) is 0.288. The Hall–Kier alpha value is -2.04. The van der Waals surface area contributed by atoms with Crippen LogP contribution in [0, 0.1) is 5.92 Å². The molecule has 0 spiro atoms. The van der Waals surface area contributed by atoms with Crippen molar-refractivity contribution in [2.75, 3.05) is 32.1 Å². The molecule has 0 aromatic carbocycles. The van der Waals surface area contributed by atoms with Crippen LogP contribution in [0.4, 0.5) is 5.82 Å². The molecule has 2 aromatic heterocycles. The predicted octanol–water partition coefficient (Wildman–Crippen LogP) is 4.90. The number of aryl methyl sites for hydroxylation is 2. The molecule has 1 aliphatic carbocycles. The number of likely N-dealkylation sites (tertiary alicyclic amines) is 1. The third-order valence-corrected chi connectivity index (χ3v) is 8.83. The van der Waals surface area contributed by atoms with Crippen LogP contribution in [0.1, 0.15) is 79.4 Å². The van der Waals surface area contributed by atoms with E-state index in [0.29, 0.717) is 17.5 Å². The van der Waals surface area contributed by atoms with E-state index in [0.717, 1.165) is 56.0 Å². The van der Waals surface area contributed by atoms with Crippen molar-refractivity contribution in [2.24, 2.45) is 5.92 Å². The summed E-state index contributed by atoms with van der Waals surface area (Å²) in [6.45, 7) is 2.90. The van der Waals surface area contributed by atoms with Crippen LogP contribution in [0.15, 0.2) is 30.5 Å². The SMILES string of the molecule is COC(=O)[C@H](c1cccnc1C1CC1)N1CCC(C(P)CCCCc2ccc3c(n2)NCCC3)C1. The van der Waals surface area contributed by atoms with Gasteiger partial charge in [-0.15, -0.1) is 9.24 Å². The summed E-state index contributed by atoms with van der Waals surface area (Å²) < 4.78 is 5.26. The van der Waals surface area contributed by atoms with Gasteiger partial charge in [-0.3, -0.25) is 9.88 Å². The number of carbonyl (C=O) groups excluding carboxylic acids is 1. The number of esters is 1. The lowest BCUT2D eigenvalue weighted by Gasteiger charge is -2.28. The largest absolute Gasteiger partial charge is 0.468 e. The Morgan fingerprint density at radius 2 is 2.14 bits per heavy atom. The minimum absolute atomic E-state index is 0.159. The minimum Gasteiger partial charge on any atom is -0.468 e. The zero-order valence-electron chi connectivity index (χ0n) is 20.9. The maximum atomic E-state index is 12.9. The molecule has 35 heavy (non-hydrogen) atoms. The fraction of sp³-hybridized carbons (Fsp3) is 0.607. The Morgan fingerprint density at radius 1 is 1.26 bits per heavy atom. The van der Waals surface area contributed by atoms with Crippen molar-refractivity contribution in [2.45, 2.75) is 75.4 Å². The molecular formula is C28H39N4O2P. The normalized spacial score (nSPS) is 21.7. The molecule has 4 atom stereocenters. The van der Waals surface area contributed by atoms with Crippen molar-refractivity contribution in [1.29, 1.82) is 0 Å². The minimum atomic E-state index is -0.338. The summed E-state index contributed by atoms with van der Waals surface area (Å²) in [7, 11) is 4.61. The van der Waals surface area contributed by atoms with Gasteiger partial charge in [0.1, 0.15) is 11.9 Å². The highest BCUT2D eigenvalue weighted by Gasteiger charge is 2.39. The van der Waals surface area contributed by atoms with E-state index in [-0.39, 0.29) is 12.0 Å². The topological polar surface area (TPSA) is 67.3 Å². The Bertz CT molecular complexity index is 1030. The number of anilines is 1. The second-order valence-electron chi connectivity index (χ2n) is 10.5. The molecule has 188 valence electrons. The number of unbranched alkanes of at least 4 members (excludes halogenated alkanes) is 1. The van der Waals surface area contributed by atoms with Crippen LogP contribution in [-0.4, -0.2) is 53.2 Å². The van der Waals surface area contributed by atoms with E-state index in [1.807, 2.05) is 12.3 Å². The van der Waals surface area contributed by atoms with Crippen LogP contribution in [-0.2, 0) is 22.4 Å². The zero-order valence-corrected chi connectivity index (χ0v) is 22.1. The van der Waals surface area contributed by atoms with E-state index >= 15 is 0 Å². The maximum absolute atomic E-state index is 12.9. The number of hydrogen-bond donors (Lipinski definition) is 1. The number of rotatable bonds is 10. The van der Waals surface area contributed by atoms with Crippen molar-refractivity contribution >= 4 is 21.0 Å². The monoisotopic (exact) mass is 494 g/mol. The summed E-state index contributed by atoms with van der Waals surface area (Å²) in [4.78, 5) is 24.7. The van der Waals surface area contributed by atoms with Crippen LogP contribution in [0.3, 0.4) is 0 Å². The van der Waals surface area contributed by atoms with Gasteiger partial charge in [-0.1, -0.05) is 18.6 Å². The molecule has 0 radical (unpaired) electrons. The third-order valence-electron chi connectivity index (χ3n) is 7.95. The van der Waals surface area contributed by atoms with Gasteiger partial charge in [0, 0.05) is 42.2 Å². The molecular weight excluding hydrogens is 455 g/mol. The number of nitrogens with zero attached hydrogens (tertiary/aromatic N) is 3. The number of aromatic nitrogens is 2. The first-order chi connectivity index (χ1) is 17.1. The molecule has 6 nitrogen and oxygen atoms in total. The number of pyridine rings is 2. The summed E-state index contributed by atoms with van der Waals surface area (Å²) in [5.74, 6) is 2.03. The molecule has 0 amide bonds. The Balaban J connectivity index is 1.14. The average molecular weight is 495 g/mol. The Labute approximate surface area is 211 Å². The Kier molecular flexibility index (Phi) is 7.99. The number of nitrogens with one attached hydrogen (secondary N) is 1. The van der Waals surface area contributed by atoms with Gasteiger partial charge in [0.2, 0.25) is 0 Å². The number of fused-ring (bicyclic) bond motifs is 1. The molecule has 1 saturated carbocycles. The molecule has 3 aliphatic rings. The summed E-state index contributed by atoms with van der Waals surface area (Å²) in [5, 5.41) is 3.44. The van der Waals surface area contributed by atoms with Gasteiger partial charge in [0.15, 0.2) is 0 Å². The lowest BCUT2D eigenvalue weighted by molar-refractivity contribution is -0.147. The standard InChI is InChI=1S/C28H39N4O2P/c1-34-28(33)26(23-8-5-15-29-25(23)19-10-11-19)32-17-14-21(18-32)24(35)9-3-2-7-22-13-12-20-6-4-16-30-27(20)31-22/h5,8,12-13,15,19,21,24,26H,2-4,6-7,9-11,14,16-18,35H2,1H3,(H,30,31)/t21?,24?,26-/m0/s1. The molecule has 2 aromatic rings. The van der Waals surface area contributed by atoms with Crippen molar-refractivity contribution < 1.29 is 9.53 Å². The fourth-order valence-electron chi connectivity index (χ4n) is 5.77. The van der Waals surface area contributed by atoms with E-state index in [1.165, 1.54) is 56.9 Å². The van der Waals surface area contributed by atoms with Gasteiger partial charge in [-0.25, -0.2) is 9.78 Å². The molecule has 5 rings (SSSR count). The van der Waals surface area contributed by atoms with Crippen LogP contribution in [0.25, 0.3) is 0 Å². The summed E-state index contributed by atoms with van der Waals surface area (Å²) in [5.41, 5.74) is 5.27. The molecule has 2 fully saturated rings. The molecule has 2 aliphatic heterocycles. The lowest BCUT2D eigenvalue weighted by Crippen LogP contribution is -2.35. The van der Waals surface area contributed by atoms with Crippen LogP contribution >= 0.6 is 9.24 Å². The Morgan fingerprint density at radius 3 is 2.97 bits per heavy atom. The first-order valence-electron chi connectivity index (χ1n) is 13.4. The van der Waals surface area contributed by atoms with E-state index in [2.05, 4.69) is 42.6 Å². The van der Waals surface area contributed by atoms with Gasteiger partial charge in [-0.2, -0.15) is 0 Å². The maximum Gasteiger partial charge on any atom is 0.327 e. The van der Waals surface area contributed by atoms with Gasteiger partial charge >= 0.3 is 5.97 Å². The van der Waals surface area contributed by atoms with E-state index in [4.69, 9.17) is 9.72 Å². The molecule has 7 heteroatoms. The predicted molar refractivity (Wildman–Crippen MR) is 143 cm³/mol. The number of methoxy groups -OCH3 is 1. The first kappa shape index (κ1) is 24.6. The van der Waals surface area contributed by atoms with Crippen molar-refractivity contribution in [1.82, 2.24) is 14.9 Å².